The van der Waals surface area contributed by atoms with E-state index in [2.05, 4.69) is 6.08 Å². The topological polar surface area (TPSA) is 89.9 Å². The molecule has 1 N–H and O–H groups in total. The van der Waals surface area contributed by atoms with E-state index in [0.29, 0.717) is 37.9 Å². The third kappa shape index (κ3) is 8.62. The van der Waals surface area contributed by atoms with E-state index in [1.807, 2.05) is 13.8 Å². The van der Waals surface area contributed by atoms with Crippen molar-refractivity contribution in [2.75, 3.05) is 13.2 Å². The van der Waals surface area contributed by atoms with Crippen molar-refractivity contribution >= 4 is 17.9 Å². The predicted molar refractivity (Wildman–Crippen MR) is 139 cm³/mol. The lowest BCUT2D eigenvalue weighted by Crippen LogP contribution is -2.16. The van der Waals surface area contributed by atoms with Crippen LogP contribution < -0.4 is 0 Å². The van der Waals surface area contributed by atoms with E-state index >= 15 is 0 Å². The second-order valence-corrected chi connectivity index (χ2v) is 11.7. The molecule has 0 aromatic rings. The summed E-state index contributed by atoms with van der Waals surface area (Å²) in [5.41, 5.74) is 1.92. The van der Waals surface area contributed by atoms with Crippen molar-refractivity contribution in [1.29, 1.82) is 0 Å². The molecule has 0 aliphatic heterocycles. The third-order valence-electron chi connectivity index (χ3n) is 9.04. The Hall–Kier alpha value is -1.85. The molecule has 0 amide bonds. The van der Waals surface area contributed by atoms with Crippen molar-refractivity contribution in [2.45, 2.75) is 123 Å². The molecule has 6 heteroatoms. The van der Waals surface area contributed by atoms with Crippen LogP contribution in [-0.4, -0.2) is 36.2 Å². The summed E-state index contributed by atoms with van der Waals surface area (Å²) in [6.07, 6.45) is 21.3. The van der Waals surface area contributed by atoms with Gasteiger partial charge >= 0.3 is 17.9 Å². The predicted octanol–water partition coefficient (Wildman–Crippen LogP) is 7.00. The smallest absolute Gasteiger partial charge is 0.309 e. The van der Waals surface area contributed by atoms with Crippen LogP contribution in [0.1, 0.15) is 123 Å². The standard InChI is InChI=1S/C11H18O2.C10H16O2.C9H14O2/c1-2-13-10(12)8-11-6-4-3-5-9(11)7-11;1-2-12-10(11)8-9-6-4-3-5-7-9;10-8(11)6-9-4-2-1-3-7(9)5-9/h9H,2-8H2,1H3;6H,2-5,7-8H2,1H3;7H,1-6H2,(H,10,11). The van der Waals surface area contributed by atoms with Crippen LogP contribution in [0.5, 0.6) is 0 Å². The molecule has 0 bridgehead atoms. The van der Waals surface area contributed by atoms with Crippen LogP contribution in [0, 0.1) is 22.7 Å². The summed E-state index contributed by atoms with van der Waals surface area (Å²) in [5, 5.41) is 8.66. The summed E-state index contributed by atoms with van der Waals surface area (Å²) >= 11 is 0. The number of rotatable bonds is 8. The second-order valence-electron chi connectivity index (χ2n) is 11.7. The first-order valence-corrected chi connectivity index (χ1v) is 14.5. The highest BCUT2D eigenvalue weighted by Gasteiger charge is 2.56. The Morgan fingerprint density at radius 3 is 1.92 bits per heavy atom. The number of carboxylic acids is 1. The van der Waals surface area contributed by atoms with E-state index in [4.69, 9.17) is 14.6 Å². The van der Waals surface area contributed by atoms with Crippen molar-refractivity contribution in [3.8, 4) is 0 Å². The number of fused-ring (bicyclic) bond motifs is 2. The zero-order valence-corrected chi connectivity index (χ0v) is 22.7. The number of allylic oxidation sites excluding steroid dienone is 1. The molecule has 5 aliphatic rings. The van der Waals surface area contributed by atoms with Crippen LogP contribution in [0.4, 0.5) is 0 Å². The van der Waals surface area contributed by atoms with Crippen molar-refractivity contribution in [1.82, 2.24) is 0 Å². The molecule has 0 saturated heterocycles. The summed E-state index contributed by atoms with van der Waals surface area (Å²) < 4.78 is 9.86. The van der Waals surface area contributed by atoms with E-state index in [9.17, 15) is 14.4 Å². The highest BCUT2D eigenvalue weighted by atomic mass is 16.5. The molecule has 0 radical (unpaired) electrons. The summed E-state index contributed by atoms with van der Waals surface area (Å²) in [6.45, 7) is 4.74. The molecular weight excluding hydrogens is 456 g/mol. The van der Waals surface area contributed by atoms with Gasteiger partial charge in [0.05, 0.1) is 32.5 Å². The molecule has 0 heterocycles. The lowest BCUT2D eigenvalue weighted by Gasteiger charge is -2.20. The molecule has 4 unspecified atom stereocenters. The van der Waals surface area contributed by atoms with Gasteiger partial charge in [0, 0.05) is 0 Å². The normalized spacial score (nSPS) is 31.4. The maximum atomic E-state index is 11.3. The molecule has 4 atom stereocenters. The Kier molecular flexibility index (Phi) is 10.9. The van der Waals surface area contributed by atoms with Crippen LogP contribution in [0.2, 0.25) is 0 Å². The number of carbonyl (C=O) groups is 3. The zero-order valence-electron chi connectivity index (χ0n) is 22.7. The zero-order chi connectivity index (χ0) is 26.0. The van der Waals surface area contributed by atoms with E-state index in [0.717, 1.165) is 24.7 Å². The molecule has 0 aromatic heterocycles. The van der Waals surface area contributed by atoms with E-state index < -0.39 is 5.97 Å². The highest BCUT2D eigenvalue weighted by molar-refractivity contribution is 5.72. The summed E-state index contributed by atoms with van der Waals surface area (Å²) in [7, 11) is 0. The quantitative estimate of drug-likeness (QED) is 0.283. The van der Waals surface area contributed by atoms with Gasteiger partial charge < -0.3 is 14.6 Å². The number of ether oxygens (including phenoxy) is 2. The fraction of sp³-hybridized carbons (Fsp3) is 0.833. The minimum Gasteiger partial charge on any atom is -0.481 e. The molecule has 0 aromatic carbocycles. The maximum absolute atomic E-state index is 11.3. The molecule has 5 rings (SSSR count). The van der Waals surface area contributed by atoms with Crippen LogP contribution in [0.15, 0.2) is 11.6 Å². The van der Waals surface area contributed by atoms with Crippen molar-refractivity contribution in [3.05, 3.63) is 11.6 Å². The van der Waals surface area contributed by atoms with Crippen molar-refractivity contribution < 1.29 is 29.0 Å². The van der Waals surface area contributed by atoms with Gasteiger partial charge in [-0.2, -0.15) is 0 Å². The monoisotopic (exact) mass is 504 g/mol. The van der Waals surface area contributed by atoms with Gasteiger partial charge in [-0.05, 0) is 101 Å². The van der Waals surface area contributed by atoms with E-state index in [1.165, 1.54) is 82.6 Å². The lowest BCUT2D eigenvalue weighted by molar-refractivity contribution is -0.145. The number of hydrogen-bond donors (Lipinski definition) is 1. The van der Waals surface area contributed by atoms with Gasteiger partial charge in [-0.3, -0.25) is 14.4 Å². The third-order valence-corrected chi connectivity index (χ3v) is 9.04. The summed E-state index contributed by atoms with van der Waals surface area (Å²) in [4.78, 5) is 32.9. The molecule has 5 aliphatic carbocycles. The number of aliphatic carboxylic acids is 1. The van der Waals surface area contributed by atoms with Gasteiger partial charge in [0.2, 0.25) is 0 Å². The highest BCUT2D eigenvalue weighted by Crippen LogP contribution is 2.64. The first-order chi connectivity index (χ1) is 17.3. The molecule has 4 fully saturated rings. The Morgan fingerprint density at radius 1 is 0.833 bits per heavy atom. The summed E-state index contributed by atoms with van der Waals surface area (Å²) in [5.74, 6) is 0.963. The Balaban J connectivity index is 0.000000151. The molecule has 204 valence electrons. The fourth-order valence-electron chi connectivity index (χ4n) is 6.90. The number of carbonyl (C=O) groups excluding carboxylic acids is 2. The van der Waals surface area contributed by atoms with Gasteiger partial charge in [0.1, 0.15) is 0 Å². The minimum atomic E-state index is -0.602. The average Bonchev–Trinajstić information content (AvgIpc) is 3.73. The second kappa shape index (κ2) is 13.6. The Labute approximate surface area is 217 Å². The maximum Gasteiger partial charge on any atom is 0.309 e. The van der Waals surface area contributed by atoms with Gasteiger partial charge in [-0.15, -0.1) is 0 Å². The van der Waals surface area contributed by atoms with Crippen molar-refractivity contribution in [3.63, 3.8) is 0 Å². The van der Waals surface area contributed by atoms with Gasteiger partial charge in [-0.25, -0.2) is 0 Å². The van der Waals surface area contributed by atoms with Crippen LogP contribution in [0.25, 0.3) is 0 Å². The van der Waals surface area contributed by atoms with Crippen LogP contribution in [-0.2, 0) is 23.9 Å². The van der Waals surface area contributed by atoms with Crippen LogP contribution in [0.3, 0.4) is 0 Å². The van der Waals surface area contributed by atoms with Gasteiger partial charge in [0.15, 0.2) is 0 Å². The first kappa shape index (κ1) is 28.7. The van der Waals surface area contributed by atoms with Crippen molar-refractivity contribution in [2.24, 2.45) is 22.7 Å². The fourth-order valence-corrected chi connectivity index (χ4v) is 6.90. The largest absolute Gasteiger partial charge is 0.481 e. The molecular formula is C30H48O6. The van der Waals surface area contributed by atoms with Gasteiger partial charge in [-0.1, -0.05) is 37.3 Å². The minimum absolute atomic E-state index is 0.0203. The first-order valence-electron chi connectivity index (χ1n) is 14.5. The Morgan fingerprint density at radius 2 is 1.42 bits per heavy atom. The SMILES string of the molecule is CCOC(=O)CC12CCCCC1C2.CCOC(=O)CC1=CCCCC1.O=C(O)CC12CCCCC1C2. The van der Waals surface area contributed by atoms with E-state index in [1.54, 1.807) is 0 Å². The number of carboxylic acid groups (broad SMARTS) is 1. The Bertz CT molecular complexity index is 788. The average molecular weight is 505 g/mol. The number of esters is 2. The molecule has 0 spiro atoms. The van der Waals surface area contributed by atoms with Crippen LogP contribution >= 0.6 is 0 Å². The van der Waals surface area contributed by atoms with Gasteiger partial charge in [0.25, 0.3) is 0 Å². The van der Waals surface area contributed by atoms with E-state index in [-0.39, 0.29) is 17.4 Å². The molecule has 6 nitrogen and oxygen atoms in total. The molecule has 36 heavy (non-hydrogen) atoms. The molecule has 4 saturated carbocycles. The lowest BCUT2D eigenvalue weighted by atomic mass is 9.86. The number of hydrogen-bond acceptors (Lipinski definition) is 5. The summed E-state index contributed by atoms with van der Waals surface area (Å²) in [6, 6.07) is 0.